The standard InChI is InChI=1S/C24H24ClFN6O3/c1-13-15(18(33)9-23-10-24(26,11-23)12-23)6-7-17(28-13)19-21(32(3)31-30-19)29-22(34)35-14(2)16-5-4-8-27-20(16)25/h4-8,14H,9-12H2,1-3H3,(H,29,34)/t14-,23?,24?/m1/s1. The molecule has 6 rings (SSSR count). The number of alkyl halides is 1. The second-order valence-electron chi connectivity index (χ2n) is 9.58. The zero-order chi connectivity index (χ0) is 25.0. The average molecular weight is 499 g/mol. The largest absolute Gasteiger partial charge is 0.441 e. The molecule has 3 fully saturated rings. The van der Waals surface area contributed by atoms with Crippen molar-refractivity contribution in [1.29, 1.82) is 0 Å². The summed E-state index contributed by atoms with van der Waals surface area (Å²) >= 11 is 6.08. The number of hydrogen-bond acceptors (Lipinski definition) is 7. The van der Waals surface area contributed by atoms with Crippen molar-refractivity contribution in [3.63, 3.8) is 0 Å². The van der Waals surface area contributed by atoms with Crippen molar-refractivity contribution >= 4 is 29.3 Å². The molecule has 0 unspecified atom stereocenters. The number of nitrogens with zero attached hydrogens (tertiary/aromatic N) is 5. The molecular weight excluding hydrogens is 475 g/mol. The van der Waals surface area contributed by atoms with Gasteiger partial charge in [-0.15, -0.1) is 5.10 Å². The van der Waals surface area contributed by atoms with E-state index in [0.29, 0.717) is 53.9 Å². The van der Waals surface area contributed by atoms with Gasteiger partial charge in [-0.05, 0) is 56.7 Å². The van der Waals surface area contributed by atoms with Crippen LogP contribution in [0.4, 0.5) is 15.0 Å². The summed E-state index contributed by atoms with van der Waals surface area (Å²) in [7, 11) is 1.62. The number of ketones is 1. The van der Waals surface area contributed by atoms with Gasteiger partial charge >= 0.3 is 6.09 Å². The SMILES string of the molecule is Cc1nc(-c2nnn(C)c2NC(=O)O[C@H](C)c2cccnc2Cl)ccc1C(=O)CC12CC(F)(C1)C2. The van der Waals surface area contributed by atoms with Crippen molar-refractivity contribution in [3.8, 4) is 11.4 Å². The van der Waals surface area contributed by atoms with E-state index in [4.69, 9.17) is 16.3 Å². The Morgan fingerprint density at radius 1 is 1.29 bits per heavy atom. The lowest BCUT2D eigenvalue weighted by Gasteiger charge is -2.65. The summed E-state index contributed by atoms with van der Waals surface area (Å²) in [5.74, 6) is 0.250. The van der Waals surface area contributed by atoms with Crippen LogP contribution in [0.1, 0.15) is 60.3 Å². The maximum atomic E-state index is 13.8. The van der Waals surface area contributed by atoms with E-state index in [9.17, 15) is 14.0 Å². The van der Waals surface area contributed by atoms with Gasteiger partial charge in [0.15, 0.2) is 17.3 Å². The number of hydrogen-bond donors (Lipinski definition) is 1. The summed E-state index contributed by atoms with van der Waals surface area (Å²) in [4.78, 5) is 33.9. The lowest BCUT2D eigenvalue weighted by molar-refractivity contribution is -0.210. The molecule has 0 aromatic carbocycles. The minimum Gasteiger partial charge on any atom is -0.441 e. The Morgan fingerprint density at radius 3 is 2.69 bits per heavy atom. The summed E-state index contributed by atoms with van der Waals surface area (Å²) in [6, 6.07) is 6.79. The van der Waals surface area contributed by atoms with E-state index in [1.807, 2.05) is 0 Å². The number of Topliss-reactive ketones (excluding diaryl/α,β-unsaturated/α-hetero) is 1. The van der Waals surface area contributed by atoms with Crippen LogP contribution in [0.2, 0.25) is 5.15 Å². The first kappa shape index (κ1) is 23.3. The highest BCUT2D eigenvalue weighted by Gasteiger charge is 2.69. The Balaban J connectivity index is 1.30. The molecule has 1 atom stereocenters. The summed E-state index contributed by atoms with van der Waals surface area (Å²) in [6.45, 7) is 3.43. The molecule has 3 saturated carbocycles. The van der Waals surface area contributed by atoms with Crippen LogP contribution < -0.4 is 5.32 Å². The lowest BCUT2D eigenvalue weighted by atomic mass is 9.41. The number of rotatable bonds is 7. The molecule has 3 aliphatic rings. The van der Waals surface area contributed by atoms with Gasteiger partial charge in [0.05, 0.1) is 5.69 Å². The normalized spacial score (nSPS) is 23.1. The topological polar surface area (TPSA) is 112 Å². The predicted octanol–water partition coefficient (Wildman–Crippen LogP) is 5.01. The summed E-state index contributed by atoms with van der Waals surface area (Å²) in [6.07, 6.45) is 1.96. The first-order valence-corrected chi connectivity index (χ1v) is 11.6. The van der Waals surface area contributed by atoms with Crippen LogP contribution in [-0.2, 0) is 11.8 Å². The summed E-state index contributed by atoms with van der Waals surface area (Å²) < 4.78 is 20.6. The predicted molar refractivity (Wildman–Crippen MR) is 126 cm³/mol. The number of pyridine rings is 2. The van der Waals surface area contributed by atoms with E-state index in [1.165, 1.54) is 4.68 Å². The maximum Gasteiger partial charge on any atom is 0.413 e. The van der Waals surface area contributed by atoms with Gasteiger partial charge < -0.3 is 4.74 Å². The van der Waals surface area contributed by atoms with Crippen LogP contribution in [0.3, 0.4) is 0 Å². The fraction of sp³-hybridized carbons (Fsp3) is 0.417. The summed E-state index contributed by atoms with van der Waals surface area (Å²) in [5, 5.41) is 11.0. The third kappa shape index (κ3) is 4.27. The smallest absolute Gasteiger partial charge is 0.413 e. The Kier molecular flexibility index (Phi) is 5.58. The number of aromatic nitrogens is 5. The number of carbonyl (C=O) groups excluding carboxylic acids is 2. The highest BCUT2D eigenvalue weighted by molar-refractivity contribution is 6.30. The molecule has 1 N–H and O–H groups in total. The molecule has 0 saturated heterocycles. The van der Waals surface area contributed by atoms with Crippen molar-refractivity contribution < 1.29 is 18.7 Å². The first-order valence-electron chi connectivity index (χ1n) is 11.3. The zero-order valence-electron chi connectivity index (χ0n) is 19.5. The van der Waals surface area contributed by atoms with Gasteiger partial charge in [0.1, 0.15) is 16.9 Å². The molecule has 3 aliphatic carbocycles. The number of amides is 1. The molecule has 0 aliphatic heterocycles. The zero-order valence-corrected chi connectivity index (χ0v) is 20.3. The highest BCUT2D eigenvalue weighted by Crippen LogP contribution is 2.71. The van der Waals surface area contributed by atoms with E-state index >= 15 is 0 Å². The Morgan fingerprint density at radius 2 is 2.03 bits per heavy atom. The second-order valence-corrected chi connectivity index (χ2v) is 9.93. The van der Waals surface area contributed by atoms with E-state index in [1.54, 1.807) is 51.4 Å². The lowest BCUT2D eigenvalue weighted by Crippen LogP contribution is -2.64. The van der Waals surface area contributed by atoms with Gasteiger partial charge in [0.25, 0.3) is 0 Å². The molecule has 1 amide bonds. The minimum atomic E-state index is -1.03. The molecule has 3 aromatic rings. The number of nitrogens with one attached hydrogen (secondary N) is 1. The molecule has 3 aromatic heterocycles. The van der Waals surface area contributed by atoms with E-state index in [0.717, 1.165) is 0 Å². The molecule has 11 heteroatoms. The van der Waals surface area contributed by atoms with E-state index < -0.39 is 17.9 Å². The summed E-state index contributed by atoms with van der Waals surface area (Å²) in [5.41, 5.74) is 1.19. The van der Waals surface area contributed by atoms with E-state index in [-0.39, 0.29) is 22.2 Å². The first-order chi connectivity index (χ1) is 16.6. The van der Waals surface area contributed by atoms with Gasteiger partial charge in [0, 0.05) is 36.5 Å². The van der Waals surface area contributed by atoms with Crippen molar-refractivity contribution in [1.82, 2.24) is 25.0 Å². The van der Waals surface area contributed by atoms with Gasteiger partial charge in [-0.2, -0.15) is 0 Å². The van der Waals surface area contributed by atoms with Crippen molar-refractivity contribution in [2.24, 2.45) is 12.5 Å². The van der Waals surface area contributed by atoms with Gasteiger partial charge in [-0.3, -0.25) is 15.1 Å². The maximum absolute atomic E-state index is 13.8. The molecule has 35 heavy (non-hydrogen) atoms. The molecule has 3 heterocycles. The second kappa shape index (κ2) is 8.37. The minimum absolute atomic E-state index is 0.0348. The van der Waals surface area contributed by atoms with Crippen LogP contribution in [-0.4, -0.2) is 42.5 Å². The average Bonchev–Trinajstić information content (AvgIpc) is 3.11. The molecule has 2 bridgehead atoms. The number of aryl methyl sites for hydroxylation is 2. The van der Waals surface area contributed by atoms with Crippen LogP contribution in [0.5, 0.6) is 0 Å². The molecule has 9 nitrogen and oxygen atoms in total. The number of anilines is 1. The molecule has 0 spiro atoms. The molecule has 182 valence electrons. The van der Waals surface area contributed by atoms with Gasteiger partial charge in [-0.1, -0.05) is 22.9 Å². The number of carbonyl (C=O) groups is 2. The molecule has 0 radical (unpaired) electrons. The van der Waals surface area contributed by atoms with Gasteiger partial charge in [0.2, 0.25) is 0 Å². The third-order valence-corrected chi connectivity index (χ3v) is 7.11. The number of halogens is 2. The number of ether oxygens (including phenoxy) is 1. The Bertz CT molecular complexity index is 1320. The fourth-order valence-electron chi connectivity index (χ4n) is 5.19. The fourth-order valence-corrected chi connectivity index (χ4v) is 5.47. The van der Waals surface area contributed by atoms with Crippen molar-refractivity contribution in [2.75, 3.05) is 5.32 Å². The Hall–Kier alpha value is -3.40. The Labute approximate surface area is 206 Å². The third-order valence-electron chi connectivity index (χ3n) is 6.80. The highest BCUT2D eigenvalue weighted by atomic mass is 35.5. The monoisotopic (exact) mass is 498 g/mol. The van der Waals surface area contributed by atoms with Crippen LogP contribution >= 0.6 is 11.6 Å². The quantitative estimate of drug-likeness (QED) is 0.360. The van der Waals surface area contributed by atoms with Crippen LogP contribution in [0, 0.1) is 12.3 Å². The van der Waals surface area contributed by atoms with Crippen molar-refractivity contribution in [3.05, 3.63) is 52.4 Å². The van der Waals surface area contributed by atoms with Crippen LogP contribution in [0.25, 0.3) is 11.4 Å². The van der Waals surface area contributed by atoms with Crippen molar-refractivity contribution in [2.45, 2.75) is 51.3 Å². The molecular formula is C24H24ClFN6O3. The van der Waals surface area contributed by atoms with E-state index in [2.05, 4.69) is 25.6 Å². The van der Waals surface area contributed by atoms with Gasteiger partial charge in [-0.25, -0.2) is 18.9 Å². The van der Waals surface area contributed by atoms with Crippen LogP contribution in [0.15, 0.2) is 30.5 Å².